The normalized spacial score (nSPS) is 11.2. The molecule has 8 heteroatoms. The summed E-state index contributed by atoms with van der Waals surface area (Å²) in [5.41, 5.74) is 5.44. The molecule has 0 aliphatic heterocycles. The van der Waals surface area contributed by atoms with Crippen LogP contribution in [0.1, 0.15) is 35.3 Å². The van der Waals surface area contributed by atoms with Gasteiger partial charge in [0.15, 0.2) is 0 Å². The number of benzene rings is 2. The van der Waals surface area contributed by atoms with Gasteiger partial charge in [-0.15, -0.1) is 0 Å². The number of carbonyl (C=O) groups excluding carboxylic acids is 3. The zero-order valence-electron chi connectivity index (χ0n) is 14.7. The van der Waals surface area contributed by atoms with Crippen LogP contribution in [0.4, 0.5) is 4.79 Å². The zero-order chi connectivity index (χ0) is 19.6. The molecule has 0 aliphatic rings. The highest BCUT2D eigenvalue weighted by atomic mass is 35.5. The summed E-state index contributed by atoms with van der Waals surface area (Å²) in [6.07, 6.45) is -0.853. The molecule has 1 unspecified atom stereocenters. The molecular weight excluding hydrogens is 370 g/mol. The summed E-state index contributed by atoms with van der Waals surface area (Å²) >= 11 is 6.07. The van der Waals surface area contributed by atoms with Crippen molar-refractivity contribution in [3.63, 3.8) is 0 Å². The molecule has 2 rings (SSSR count). The molecule has 3 amide bonds. The lowest BCUT2D eigenvalue weighted by molar-refractivity contribution is -0.122. The third kappa shape index (κ3) is 6.31. The van der Waals surface area contributed by atoms with Gasteiger partial charge in [0.05, 0.1) is 29.7 Å². The van der Waals surface area contributed by atoms with Crippen molar-refractivity contribution in [2.24, 2.45) is 0 Å². The molecule has 0 fully saturated rings. The lowest BCUT2D eigenvalue weighted by Gasteiger charge is -2.19. The quantitative estimate of drug-likeness (QED) is 0.662. The van der Waals surface area contributed by atoms with Gasteiger partial charge in [-0.3, -0.25) is 15.0 Å². The second-order valence-corrected chi connectivity index (χ2v) is 5.92. The molecule has 7 nitrogen and oxygen atoms in total. The molecule has 27 heavy (non-hydrogen) atoms. The van der Waals surface area contributed by atoms with Gasteiger partial charge in [0.1, 0.15) is 0 Å². The van der Waals surface area contributed by atoms with Crippen molar-refractivity contribution in [1.29, 1.82) is 0 Å². The highest BCUT2D eigenvalue weighted by Crippen LogP contribution is 2.20. The van der Waals surface area contributed by atoms with E-state index in [9.17, 15) is 14.4 Å². The summed E-state index contributed by atoms with van der Waals surface area (Å²) in [5.74, 6) is -0.892. The maximum Gasteiger partial charge on any atom is 0.426 e. The second-order valence-electron chi connectivity index (χ2n) is 5.51. The van der Waals surface area contributed by atoms with Crippen LogP contribution in [0.15, 0.2) is 54.6 Å². The Morgan fingerprint density at radius 2 is 1.67 bits per heavy atom. The van der Waals surface area contributed by atoms with Crippen molar-refractivity contribution in [2.45, 2.75) is 19.4 Å². The average molecular weight is 390 g/mol. The SMILES string of the molecule is CCOC(=O)NNC(=O)CC(NC(=O)c1ccccc1Cl)c1ccccc1. The van der Waals surface area contributed by atoms with Gasteiger partial charge in [0.2, 0.25) is 5.91 Å². The van der Waals surface area contributed by atoms with Gasteiger partial charge in [-0.2, -0.15) is 0 Å². The van der Waals surface area contributed by atoms with Gasteiger partial charge in [0, 0.05) is 0 Å². The first-order valence-corrected chi connectivity index (χ1v) is 8.71. The van der Waals surface area contributed by atoms with E-state index in [1.54, 1.807) is 55.5 Å². The summed E-state index contributed by atoms with van der Waals surface area (Å²) in [4.78, 5) is 36.0. The van der Waals surface area contributed by atoms with Crippen LogP contribution < -0.4 is 16.2 Å². The Balaban J connectivity index is 2.08. The summed E-state index contributed by atoms with van der Waals surface area (Å²) in [6, 6.07) is 15.1. The molecule has 0 spiro atoms. The monoisotopic (exact) mass is 389 g/mol. The Kier molecular flexibility index (Phi) is 7.63. The minimum absolute atomic E-state index is 0.0907. The molecule has 0 bridgehead atoms. The molecule has 142 valence electrons. The minimum Gasteiger partial charge on any atom is -0.449 e. The summed E-state index contributed by atoms with van der Waals surface area (Å²) < 4.78 is 4.67. The zero-order valence-corrected chi connectivity index (χ0v) is 15.5. The van der Waals surface area contributed by atoms with Gasteiger partial charge in [-0.05, 0) is 24.6 Å². The van der Waals surface area contributed by atoms with Crippen molar-refractivity contribution in [3.05, 3.63) is 70.7 Å². The van der Waals surface area contributed by atoms with Crippen LogP contribution >= 0.6 is 11.6 Å². The molecule has 0 saturated heterocycles. The van der Waals surface area contributed by atoms with Crippen molar-refractivity contribution >= 4 is 29.5 Å². The van der Waals surface area contributed by atoms with Crippen molar-refractivity contribution in [1.82, 2.24) is 16.2 Å². The predicted octanol–water partition coefficient (Wildman–Crippen LogP) is 2.98. The second kappa shape index (κ2) is 10.2. The molecule has 0 heterocycles. The van der Waals surface area contributed by atoms with Crippen LogP contribution in [0.2, 0.25) is 5.02 Å². The molecule has 0 radical (unpaired) electrons. The number of hydrazine groups is 1. The smallest absolute Gasteiger partial charge is 0.426 e. The molecule has 0 aromatic heterocycles. The first-order valence-electron chi connectivity index (χ1n) is 8.33. The molecule has 0 saturated carbocycles. The third-order valence-electron chi connectivity index (χ3n) is 3.59. The minimum atomic E-state index is -0.762. The van der Waals surface area contributed by atoms with Crippen LogP contribution in [0.25, 0.3) is 0 Å². The average Bonchev–Trinajstić information content (AvgIpc) is 2.67. The molecule has 0 aliphatic carbocycles. The number of halogens is 1. The topological polar surface area (TPSA) is 96.5 Å². The first kappa shape index (κ1) is 20.3. The lowest BCUT2D eigenvalue weighted by atomic mass is 10.0. The van der Waals surface area contributed by atoms with E-state index in [0.717, 1.165) is 5.56 Å². The van der Waals surface area contributed by atoms with E-state index < -0.39 is 23.9 Å². The predicted molar refractivity (Wildman–Crippen MR) is 101 cm³/mol. The van der Waals surface area contributed by atoms with Crippen LogP contribution in [0, 0.1) is 0 Å². The van der Waals surface area contributed by atoms with Crippen LogP contribution in [-0.4, -0.2) is 24.5 Å². The Hall–Kier alpha value is -3.06. The van der Waals surface area contributed by atoms with E-state index in [4.69, 9.17) is 11.6 Å². The van der Waals surface area contributed by atoms with Gasteiger partial charge >= 0.3 is 6.09 Å². The Bertz CT molecular complexity index is 799. The van der Waals surface area contributed by atoms with Crippen LogP contribution in [0.3, 0.4) is 0 Å². The van der Waals surface area contributed by atoms with E-state index in [1.807, 2.05) is 6.07 Å². The lowest BCUT2D eigenvalue weighted by Crippen LogP contribution is -2.43. The highest BCUT2D eigenvalue weighted by Gasteiger charge is 2.20. The van der Waals surface area contributed by atoms with Crippen molar-refractivity contribution < 1.29 is 19.1 Å². The van der Waals surface area contributed by atoms with Gasteiger partial charge in [-0.25, -0.2) is 10.2 Å². The van der Waals surface area contributed by atoms with E-state index in [-0.39, 0.29) is 13.0 Å². The summed E-state index contributed by atoms with van der Waals surface area (Å²) in [5, 5.41) is 3.12. The molecule has 3 N–H and O–H groups in total. The van der Waals surface area contributed by atoms with E-state index in [1.165, 1.54) is 0 Å². The third-order valence-corrected chi connectivity index (χ3v) is 3.92. The van der Waals surface area contributed by atoms with E-state index in [2.05, 4.69) is 20.9 Å². The number of carbonyl (C=O) groups is 3. The molecule has 1 atom stereocenters. The molecule has 2 aromatic rings. The van der Waals surface area contributed by atoms with Crippen molar-refractivity contribution in [3.8, 4) is 0 Å². The number of rotatable bonds is 6. The summed E-state index contributed by atoms with van der Waals surface area (Å²) in [7, 11) is 0. The Morgan fingerprint density at radius 3 is 2.33 bits per heavy atom. The fourth-order valence-corrected chi connectivity index (χ4v) is 2.56. The van der Waals surface area contributed by atoms with Gasteiger partial charge in [0.25, 0.3) is 5.91 Å². The number of hydrogen-bond acceptors (Lipinski definition) is 4. The highest BCUT2D eigenvalue weighted by molar-refractivity contribution is 6.33. The standard InChI is InChI=1S/C19H20ClN3O4/c1-2-27-19(26)23-22-17(24)12-16(13-8-4-3-5-9-13)21-18(25)14-10-6-7-11-15(14)20/h3-11,16H,2,12H2,1H3,(H,21,25)(H,22,24)(H,23,26). The van der Waals surface area contributed by atoms with E-state index in [0.29, 0.717) is 10.6 Å². The Labute approximate surface area is 162 Å². The fourth-order valence-electron chi connectivity index (χ4n) is 2.34. The van der Waals surface area contributed by atoms with Crippen molar-refractivity contribution in [2.75, 3.05) is 6.61 Å². The number of nitrogens with one attached hydrogen (secondary N) is 3. The number of hydrogen-bond donors (Lipinski definition) is 3. The van der Waals surface area contributed by atoms with Gasteiger partial charge in [-0.1, -0.05) is 54.1 Å². The molecule has 2 aromatic carbocycles. The fraction of sp³-hybridized carbons (Fsp3) is 0.211. The van der Waals surface area contributed by atoms with E-state index >= 15 is 0 Å². The maximum atomic E-state index is 12.6. The van der Waals surface area contributed by atoms with Gasteiger partial charge < -0.3 is 10.1 Å². The number of amides is 3. The maximum absolute atomic E-state index is 12.6. The van der Waals surface area contributed by atoms with Crippen LogP contribution in [-0.2, 0) is 9.53 Å². The first-order chi connectivity index (χ1) is 13.0. The molecular formula is C19H20ClN3O4. The largest absolute Gasteiger partial charge is 0.449 e. The summed E-state index contributed by atoms with van der Waals surface area (Å²) in [6.45, 7) is 1.83. The van der Waals surface area contributed by atoms with Crippen LogP contribution in [0.5, 0.6) is 0 Å². The number of ether oxygens (including phenoxy) is 1. The Morgan fingerprint density at radius 1 is 1.00 bits per heavy atom.